The highest BCUT2D eigenvalue weighted by atomic mass is 35.5. The van der Waals surface area contributed by atoms with Gasteiger partial charge in [0, 0.05) is 31.5 Å². The summed E-state index contributed by atoms with van der Waals surface area (Å²) in [6.07, 6.45) is 4.51. The van der Waals surface area contributed by atoms with Gasteiger partial charge >= 0.3 is 0 Å². The van der Waals surface area contributed by atoms with Crippen LogP contribution in [0.25, 0.3) is 5.82 Å². The number of nitrogens with zero attached hydrogens (tertiary/aromatic N) is 5. The molecule has 0 N–H and O–H groups in total. The first kappa shape index (κ1) is 18.4. The van der Waals surface area contributed by atoms with Gasteiger partial charge in [0.15, 0.2) is 5.82 Å². The largest absolute Gasteiger partial charge is 0.473 e. The first-order valence-electron chi connectivity index (χ1n) is 8.28. The molecule has 1 fully saturated rings. The van der Waals surface area contributed by atoms with Crippen molar-refractivity contribution in [1.82, 2.24) is 24.3 Å². The van der Waals surface area contributed by atoms with Gasteiger partial charge in [-0.3, -0.25) is 0 Å². The van der Waals surface area contributed by atoms with Gasteiger partial charge in [0.2, 0.25) is 5.88 Å². The van der Waals surface area contributed by atoms with E-state index < -0.39 is 10.0 Å². The number of piperidine rings is 1. The topological polar surface area (TPSA) is 90.2 Å². The quantitative estimate of drug-likeness (QED) is 0.624. The van der Waals surface area contributed by atoms with Crippen LogP contribution in [-0.2, 0) is 10.0 Å². The lowest BCUT2D eigenvalue weighted by Crippen LogP contribution is -2.41. The van der Waals surface area contributed by atoms with Crippen molar-refractivity contribution in [2.45, 2.75) is 23.2 Å². The van der Waals surface area contributed by atoms with Gasteiger partial charge in [-0.25, -0.2) is 13.1 Å². The molecule has 8 nitrogen and oxygen atoms in total. The van der Waals surface area contributed by atoms with Crippen LogP contribution in [0.1, 0.15) is 12.8 Å². The van der Waals surface area contributed by atoms with Crippen molar-refractivity contribution in [3.63, 3.8) is 0 Å². The average Bonchev–Trinajstić information content (AvgIpc) is 3.35. The standard InChI is InChI=1S/C16H16ClN5O3S2/c17-13-2-5-16(26-13)27(23,24)21-10-6-12(7-11-21)25-15-4-3-14(19-20-15)22-9-1-8-18-22/h1-5,8-9,12H,6-7,10-11H2. The first-order chi connectivity index (χ1) is 13.0. The van der Waals surface area contributed by atoms with Crippen molar-refractivity contribution >= 4 is 33.0 Å². The number of hydrogen-bond acceptors (Lipinski definition) is 7. The van der Waals surface area contributed by atoms with E-state index in [-0.39, 0.29) is 10.3 Å². The third-order valence-electron chi connectivity index (χ3n) is 4.20. The molecule has 4 rings (SSSR count). The summed E-state index contributed by atoms with van der Waals surface area (Å²) in [5, 5.41) is 12.3. The zero-order valence-electron chi connectivity index (χ0n) is 14.1. The number of rotatable bonds is 5. The molecule has 0 radical (unpaired) electrons. The lowest BCUT2D eigenvalue weighted by Gasteiger charge is -2.30. The summed E-state index contributed by atoms with van der Waals surface area (Å²) >= 11 is 6.93. The number of hydrogen-bond donors (Lipinski definition) is 0. The Bertz CT molecular complexity index is 997. The van der Waals surface area contributed by atoms with Crippen LogP contribution in [0, 0.1) is 0 Å². The number of thiophene rings is 1. The van der Waals surface area contributed by atoms with Crippen molar-refractivity contribution < 1.29 is 13.2 Å². The van der Waals surface area contributed by atoms with E-state index in [4.69, 9.17) is 16.3 Å². The molecule has 4 heterocycles. The Morgan fingerprint density at radius 1 is 1.15 bits per heavy atom. The molecule has 1 saturated heterocycles. The van der Waals surface area contributed by atoms with Crippen LogP contribution in [-0.4, -0.2) is 51.9 Å². The second-order valence-electron chi connectivity index (χ2n) is 5.96. The molecule has 0 bridgehead atoms. The summed E-state index contributed by atoms with van der Waals surface area (Å²) in [6.45, 7) is 0.780. The third kappa shape index (κ3) is 3.98. The second-order valence-corrected chi connectivity index (χ2v) is 9.84. The first-order valence-corrected chi connectivity index (χ1v) is 10.9. The summed E-state index contributed by atoms with van der Waals surface area (Å²) in [4.78, 5) is 0. The van der Waals surface area contributed by atoms with E-state index in [0.717, 1.165) is 11.3 Å². The summed E-state index contributed by atoms with van der Waals surface area (Å²) in [6, 6.07) is 8.45. The SMILES string of the molecule is O=S(=O)(c1ccc(Cl)s1)N1CCC(Oc2ccc(-n3cccn3)nn2)CC1. The number of halogens is 1. The molecule has 0 aromatic carbocycles. The van der Waals surface area contributed by atoms with Crippen LogP contribution >= 0.6 is 22.9 Å². The molecular formula is C16H16ClN5O3S2. The minimum atomic E-state index is -3.49. The molecule has 1 aliphatic rings. The molecule has 0 atom stereocenters. The Balaban J connectivity index is 1.35. The Hall–Kier alpha value is -2.01. The van der Waals surface area contributed by atoms with Crippen LogP contribution in [0.2, 0.25) is 4.34 Å². The predicted octanol–water partition coefficient (Wildman–Crippen LogP) is 2.61. The number of aromatic nitrogens is 4. The molecular weight excluding hydrogens is 410 g/mol. The van der Waals surface area contributed by atoms with E-state index in [1.165, 1.54) is 4.31 Å². The van der Waals surface area contributed by atoms with Crippen LogP contribution in [0.4, 0.5) is 0 Å². The molecule has 11 heteroatoms. The van der Waals surface area contributed by atoms with Crippen molar-refractivity contribution in [3.05, 3.63) is 47.1 Å². The minimum Gasteiger partial charge on any atom is -0.473 e. The van der Waals surface area contributed by atoms with Crippen LogP contribution in [0.5, 0.6) is 5.88 Å². The fourth-order valence-electron chi connectivity index (χ4n) is 2.83. The summed E-state index contributed by atoms with van der Waals surface area (Å²) in [5.41, 5.74) is 0. The van der Waals surface area contributed by atoms with E-state index in [9.17, 15) is 8.42 Å². The summed E-state index contributed by atoms with van der Waals surface area (Å²) < 4.78 is 34.9. The summed E-state index contributed by atoms with van der Waals surface area (Å²) in [5.74, 6) is 1.01. The highest BCUT2D eigenvalue weighted by molar-refractivity contribution is 7.91. The molecule has 1 aliphatic heterocycles. The molecule has 0 aliphatic carbocycles. The smallest absolute Gasteiger partial charge is 0.252 e. The highest BCUT2D eigenvalue weighted by Gasteiger charge is 2.31. The molecule has 3 aromatic rings. The van der Waals surface area contributed by atoms with E-state index in [1.807, 2.05) is 0 Å². The average molecular weight is 426 g/mol. The van der Waals surface area contributed by atoms with Gasteiger partial charge in [0.1, 0.15) is 10.3 Å². The zero-order chi connectivity index (χ0) is 18.9. The molecule has 0 amide bonds. The predicted molar refractivity (Wildman–Crippen MR) is 101 cm³/mol. The van der Waals surface area contributed by atoms with Gasteiger partial charge in [-0.2, -0.15) is 9.40 Å². The summed E-state index contributed by atoms with van der Waals surface area (Å²) in [7, 11) is -3.49. The Labute approximate surface area is 165 Å². The van der Waals surface area contributed by atoms with Gasteiger partial charge in [-0.05, 0) is 37.1 Å². The van der Waals surface area contributed by atoms with Crippen molar-refractivity contribution in [2.75, 3.05) is 13.1 Å². The van der Waals surface area contributed by atoms with E-state index >= 15 is 0 Å². The molecule has 142 valence electrons. The normalized spacial score (nSPS) is 16.5. The lowest BCUT2D eigenvalue weighted by atomic mass is 10.1. The molecule has 0 unspecified atom stereocenters. The van der Waals surface area contributed by atoms with Gasteiger partial charge in [0.25, 0.3) is 10.0 Å². The molecule has 3 aromatic heterocycles. The maximum atomic E-state index is 12.6. The lowest BCUT2D eigenvalue weighted by molar-refractivity contribution is 0.128. The number of ether oxygens (including phenoxy) is 1. The van der Waals surface area contributed by atoms with Crippen LogP contribution < -0.4 is 4.74 Å². The van der Waals surface area contributed by atoms with Gasteiger partial charge < -0.3 is 4.74 Å². The third-order valence-corrected chi connectivity index (χ3v) is 7.79. The van der Waals surface area contributed by atoms with Crippen molar-refractivity contribution in [2.24, 2.45) is 0 Å². The maximum absolute atomic E-state index is 12.6. The van der Waals surface area contributed by atoms with Crippen molar-refractivity contribution in [1.29, 1.82) is 0 Å². The van der Waals surface area contributed by atoms with Gasteiger partial charge in [0.05, 0.1) is 4.34 Å². The molecule has 0 spiro atoms. The second kappa shape index (κ2) is 7.55. The fraction of sp³-hybridized carbons (Fsp3) is 0.312. The van der Waals surface area contributed by atoms with E-state index in [1.54, 1.807) is 47.4 Å². The van der Waals surface area contributed by atoms with Gasteiger partial charge in [-0.15, -0.1) is 21.5 Å². The minimum absolute atomic E-state index is 0.103. The molecule has 27 heavy (non-hydrogen) atoms. The monoisotopic (exact) mass is 425 g/mol. The Morgan fingerprint density at radius 3 is 2.56 bits per heavy atom. The van der Waals surface area contributed by atoms with E-state index in [0.29, 0.717) is 42.0 Å². The fourth-order valence-corrected chi connectivity index (χ4v) is 5.93. The Kier molecular flexibility index (Phi) is 5.13. The maximum Gasteiger partial charge on any atom is 0.252 e. The molecule has 0 saturated carbocycles. The van der Waals surface area contributed by atoms with Crippen molar-refractivity contribution in [3.8, 4) is 11.7 Å². The zero-order valence-corrected chi connectivity index (χ0v) is 16.5. The van der Waals surface area contributed by atoms with Crippen LogP contribution in [0.15, 0.2) is 46.9 Å². The van der Waals surface area contributed by atoms with Gasteiger partial charge in [-0.1, -0.05) is 11.6 Å². The number of sulfonamides is 1. The highest BCUT2D eigenvalue weighted by Crippen LogP contribution is 2.30. The Morgan fingerprint density at radius 2 is 1.96 bits per heavy atom. The van der Waals surface area contributed by atoms with E-state index in [2.05, 4.69) is 15.3 Å². The van der Waals surface area contributed by atoms with Crippen LogP contribution in [0.3, 0.4) is 0 Å².